The number of hydrogen-bond acceptors (Lipinski definition) is 4. The summed E-state index contributed by atoms with van der Waals surface area (Å²) in [5.41, 5.74) is 0.0366. The van der Waals surface area contributed by atoms with Crippen molar-refractivity contribution in [2.45, 2.75) is 24.6 Å². The molecule has 5 rings (SSSR count). The molecule has 3 heterocycles. The highest BCUT2D eigenvalue weighted by Crippen LogP contribution is 2.59. The van der Waals surface area contributed by atoms with Gasteiger partial charge < -0.3 is 5.11 Å². The van der Waals surface area contributed by atoms with Crippen molar-refractivity contribution in [3.05, 3.63) is 63.3 Å². The molecule has 1 N–H and O–H groups in total. The molecule has 1 fully saturated rings. The number of carboxylic acid groups (broad SMARTS) is 1. The van der Waals surface area contributed by atoms with Crippen LogP contribution in [-0.2, 0) is 11.0 Å². The van der Waals surface area contributed by atoms with E-state index in [0.717, 1.165) is 10.9 Å². The standard InChI is InChI=1S/C19H12ClF3N4O3/c20-9-1-2-13(26-7-15(24-25-26)19(21,22)23)10(5-9)8-3-14-11-6-12(11)17(18(29)30)27(14)16(28)4-8/h1-5,7,11-12,17H,6H2,(H,29,30)/t11-,12+,17+/m1/s1. The molecule has 0 amide bonds. The fraction of sp³-hybridized carbons (Fsp3) is 0.263. The van der Waals surface area contributed by atoms with Gasteiger partial charge in [0.05, 0.1) is 11.9 Å². The summed E-state index contributed by atoms with van der Waals surface area (Å²) >= 11 is 6.10. The molecule has 0 bridgehead atoms. The van der Waals surface area contributed by atoms with Gasteiger partial charge >= 0.3 is 12.1 Å². The molecule has 1 aliphatic heterocycles. The van der Waals surface area contributed by atoms with Crippen LogP contribution >= 0.6 is 11.6 Å². The minimum Gasteiger partial charge on any atom is -0.480 e. The van der Waals surface area contributed by atoms with E-state index in [1.54, 1.807) is 6.07 Å². The highest BCUT2D eigenvalue weighted by Gasteiger charge is 2.55. The van der Waals surface area contributed by atoms with Gasteiger partial charge in [-0.1, -0.05) is 16.8 Å². The number of alkyl halides is 3. The zero-order valence-corrected chi connectivity index (χ0v) is 15.7. The largest absolute Gasteiger partial charge is 0.480 e. The average molecular weight is 437 g/mol. The lowest BCUT2D eigenvalue weighted by Crippen LogP contribution is -2.29. The van der Waals surface area contributed by atoms with E-state index in [1.807, 2.05) is 0 Å². The smallest absolute Gasteiger partial charge is 0.436 e. The Morgan fingerprint density at radius 2 is 2.00 bits per heavy atom. The summed E-state index contributed by atoms with van der Waals surface area (Å²) in [5, 5.41) is 16.5. The Morgan fingerprint density at radius 3 is 2.67 bits per heavy atom. The van der Waals surface area contributed by atoms with Crippen LogP contribution < -0.4 is 5.56 Å². The number of carboxylic acids is 1. The maximum Gasteiger partial charge on any atom is 0.436 e. The summed E-state index contributed by atoms with van der Waals surface area (Å²) in [6.07, 6.45) is -3.21. The summed E-state index contributed by atoms with van der Waals surface area (Å²) in [7, 11) is 0. The minimum absolute atomic E-state index is 0.0235. The van der Waals surface area contributed by atoms with Crippen molar-refractivity contribution in [2.75, 3.05) is 0 Å². The first kappa shape index (κ1) is 18.9. The predicted molar refractivity (Wildman–Crippen MR) is 98.6 cm³/mol. The monoisotopic (exact) mass is 436 g/mol. The van der Waals surface area contributed by atoms with Crippen molar-refractivity contribution in [3.63, 3.8) is 0 Å². The van der Waals surface area contributed by atoms with Crippen molar-refractivity contribution in [1.29, 1.82) is 0 Å². The molecule has 0 radical (unpaired) electrons. The number of nitrogens with zero attached hydrogens (tertiary/aromatic N) is 4. The summed E-state index contributed by atoms with van der Waals surface area (Å²) in [5.74, 6) is -1.19. The second-order valence-corrected chi connectivity index (χ2v) is 7.81. The fourth-order valence-corrected chi connectivity index (χ4v) is 4.35. The average Bonchev–Trinajstić information content (AvgIpc) is 3.13. The third-order valence-electron chi connectivity index (χ3n) is 5.55. The number of hydrogen-bond donors (Lipinski definition) is 1. The second kappa shape index (κ2) is 6.18. The number of benzene rings is 1. The predicted octanol–water partition coefficient (Wildman–Crippen LogP) is 3.51. The second-order valence-electron chi connectivity index (χ2n) is 7.37. The molecule has 3 atom stereocenters. The number of fused-ring (bicyclic) bond motifs is 3. The molecule has 7 nitrogen and oxygen atoms in total. The van der Waals surface area contributed by atoms with E-state index in [9.17, 15) is 27.9 Å². The normalized spacial score (nSPS) is 21.9. The molecule has 3 aromatic rings. The lowest BCUT2D eigenvalue weighted by Gasteiger charge is -2.16. The number of halogens is 4. The Balaban J connectivity index is 1.66. The van der Waals surface area contributed by atoms with Crippen LogP contribution in [0.15, 0.2) is 41.3 Å². The Morgan fingerprint density at radius 1 is 1.23 bits per heavy atom. The molecule has 0 saturated heterocycles. The molecule has 1 aromatic carbocycles. The maximum atomic E-state index is 12.9. The molecule has 1 aliphatic carbocycles. The first-order chi connectivity index (χ1) is 14.1. The van der Waals surface area contributed by atoms with Crippen LogP contribution in [0.2, 0.25) is 5.02 Å². The van der Waals surface area contributed by atoms with Crippen molar-refractivity contribution in [2.24, 2.45) is 5.92 Å². The van der Waals surface area contributed by atoms with Crippen molar-refractivity contribution < 1.29 is 23.1 Å². The zero-order valence-electron chi connectivity index (χ0n) is 15.0. The Hall–Kier alpha value is -3.14. The number of pyridine rings is 1. The van der Waals surface area contributed by atoms with Gasteiger partial charge in [-0.2, -0.15) is 13.2 Å². The summed E-state index contributed by atoms with van der Waals surface area (Å²) in [4.78, 5) is 24.3. The Kier molecular flexibility index (Phi) is 3.88. The van der Waals surface area contributed by atoms with Crippen LogP contribution in [0, 0.1) is 5.92 Å². The van der Waals surface area contributed by atoms with Gasteiger partial charge in [-0.05, 0) is 42.2 Å². The van der Waals surface area contributed by atoms with Gasteiger partial charge in [0.2, 0.25) is 0 Å². The van der Waals surface area contributed by atoms with E-state index >= 15 is 0 Å². The molecule has 30 heavy (non-hydrogen) atoms. The zero-order chi connectivity index (χ0) is 21.4. The molecule has 2 aliphatic rings. The highest BCUT2D eigenvalue weighted by atomic mass is 35.5. The van der Waals surface area contributed by atoms with Gasteiger partial charge in [0.1, 0.15) is 6.04 Å². The van der Waals surface area contributed by atoms with Gasteiger partial charge in [-0.3, -0.25) is 9.36 Å². The topological polar surface area (TPSA) is 90.0 Å². The molecule has 0 spiro atoms. The fourth-order valence-electron chi connectivity index (χ4n) is 4.18. The van der Waals surface area contributed by atoms with Gasteiger partial charge in [0.25, 0.3) is 5.56 Å². The Labute approximate surface area is 171 Å². The van der Waals surface area contributed by atoms with Gasteiger partial charge in [-0.25, -0.2) is 9.48 Å². The van der Waals surface area contributed by atoms with E-state index in [0.29, 0.717) is 28.3 Å². The quantitative estimate of drug-likeness (QED) is 0.678. The van der Waals surface area contributed by atoms with Crippen LogP contribution in [0.25, 0.3) is 16.8 Å². The summed E-state index contributed by atoms with van der Waals surface area (Å²) in [6, 6.07) is 6.57. The molecule has 154 valence electrons. The van der Waals surface area contributed by atoms with Crippen LogP contribution in [0.1, 0.15) is 29.8 Å². The first-order valence-corrected chi connectivity index (χ1v) is 9.32. The van der Waals surface area contributed by atoms with Crippen molar-refractivity contribution >= 4 is 17.6 Å². The molecule has 1 saturated carbocycles. The number of aliphatic carboxylic acids is 1. The maximum absolute atomic E-state index is 12.9. The minimum atomic E-state index is -4.65. The number of rotatable bonds is 3. The SMILES string of the molecule is O=C(O)[C@@H]1[C@H]2C[C@H]2c2cc(-c3cc(Cl)ccc3-n3cc(C(F)(F)F)nn3)cc(=O)n21. The highest BCUT2D eigenvalue weighted by molar-refractivity contribution is 6.31. The Bertz CT molecular complexity index is 1270. The van der Waals surface area contributed by atoms with Crippen molar-refractivity contribution in [3.8, 4) is 16.8 Å². The first-order valence-electron chi connectivity index (χ1n) is 8.94. The van der Waals surface area contributed by atoms with E-state index < -0.39 is 29.4 Å². The van der Waals surface area contributed by atoms with Crippen LogP contribution in [-0.4, -0.2) is 30.6 Å². The van der Waals surface area contributed by atoms with E-state index in [-0.39, 0.29) is 17.5 Å². The lowest BCUT2D eigenvalue weighted by atomic mass is 10.0. The van der Waals surface area contributed by atoms with Crippen LogP contribution in [0.5, 0.6) is 0 Å². The molecule has 11 heteroatoms. The van der Waals surface area contributed by atoms with E-state index in [2.05, 4.69) is 10.3 Å². The third kappa shape index (κ3) is 2.82. The molecule has 0 unspecified atom stereocenters. The van der Waals surface area contributed by atoms with E-state index in [4.69, 9.17) is 11.6 Å². The van der Waals surface area contributed by atoms with E-state index in [1.165, 1.54) is 28.8 Å². The molecular formula is C19H12ClF3N4O3. The van der Waals surface area contributed by atoms with Crippen LogP contribution in [0.3, 0.4) is 0 Å². The van der Waals surface area contributed by atoms with Gasteiger partial charge in [0, 0.05) is 28.3 Å². The number of carbonyl (C=O) groups is 1. The molecule has 2 aromatic heterocycles. The van der Waals surface area contributed by atoms with Gasteiger partial charge in [-0.15, -0.1) is 5.10 Å². The van der Waals surface area contributed by atoms with Gasteiger partial charge in [0.15, 0.2) is 5.69 Å². The number of aromatic nitrogens is 4. The molecular weight excluding hydrogens is 425 g/mol. The lowest BCUT2D eigenvalue weighted by molar-refractivity contribution is -0.142. The summed E-state index contributed by atoms with van der Waals surface area (Å²) in [6.45, 7) is 0. The van der Waals surface area contributed by atoms with Crippen molar-refractivity contribution in [1.82, 2.24) is 19.6 Å². The summed E-state index contributed by atoms with van der Waals surface area (Å²) < 4.78 is 41.0. The third-order valence-corrected chi connectivity index (χ3v) is 5.79. The van der Waals surface area contributed by atoms with Crippen LogP contribution in [0.4, 0.5) is 13.2 Å².